The summed E-state index contributed by atoms with van der Waals surface area (Å²) in [7, 11) is 0. The number of rotatable bonds is 4. The smallest absolute Gasteiger partial charge is 0.258 e. The quantitative estimate of drug-likeness (QED) is 0.844. The molecule has 0 spiro atoms. The van der Waals surface area contributed by atoms with Crippen molar-refractivity contribution < 1.29 is 18.7 Å². The molecule has 0 aliphatic heterocycles. The lowest BCUT2D eigenvalue weighted by atomic mass is 9.61. The van der Waals surface area contributed by atoms with Crippen molar-refractivity contribution in [1.29, 1.82) is 0 Å². The minimum absolute atomic E-state index is 0. The van der Waals surface area contributed by atoms with Crippen molar-refractivity contribution in [1.82, 2.24) is 5.32 Å². The monoisotopic (exact) mass is 376 g/mol. The van der Waals surface area contributed by atoms with Gasteiger partial charge in [-0.25, -0.2) is 4.39 Å². The molecular weight excluding hydrogens is 358 g/mol. The Balaban J connectivity index is 0.00000208. The molecule has 3 aliphatic rings. The van der Waals surface area contributed by atoms with Gasteiger partial charge >= 0.3 is 0 Å². The van der Waals surface area contributed by atoms with Gasteiger partial charge < -0.3 is 15.8 Å². The molecule has 0 heterocycles. The van der Waals surface area contributed by atoms with Gasteiger partial charge in [-0.3, -0.25) is 9.59 Å². The van der Waals surface area contributed by atoms with Gasteiger partial charge in [0.2, 0.25) is 0 Å². The highest BCUT2D eigenvalue weighted by molar-refractivity contribution is 6.30. The summed E-state index contributed by atoms with van der Waals surface area (Å²) in [4.78, 5) is 24.4. The van der Waals surface area contributed by atoms with Crippen molar-refractivity contribution in [2.24, 2.45) is 5.73 Å². The van der Waals surface area contributed by atoms with Crippen molar-refractivity contribution in [3.8, 4) is 5.75 Å². The van der Waals surface area contributed by atoms with E-state index in [0.29, 0.717) is 19.3 Å². The van der Waals surface area contributed by atoms with Crippen LogP contribution in [0, 0.1) is 5.82 Å². The second-order valence-corrected chi connectivity index (χ2v) is 6.86. The van der Waals surface area contributed by atoms with Gasteiger partial charge in [-0.2, -0.15) is 0 Å². The van der Waals surface area contributed by atoms with Gasteiger partial charge in [-0.05, 0) is 37.8 Å². The Labute approximate surface area is 150 Å². The van der Waals surface area contributed by atoms with Crippen LogP contribution in [0.1, 0.15) is 32.1 Å². The van der Waals surface area contributed by atoms with E-state index >= 15 is 0 Å². The molecule has 1 aromatic rings. The summed E-state index contributed by atoms with van der Waals surface area (Å²) < 4.78 is 18.6. The molecule has 2 bridgehead atoms. The molecule has 3 fully saturated rings. The van der Waals surface area contributed by atoms with Crippen LogP contribution in [0.4, 0.5) is 4.39 Å². The number of halogens is 3. The maximum atomic E-state index is 13.3. The highest BCUT2D eigenvalue weighted by Gasteiger charge is 2.53. The molecule has 0 atom stereocenters. The third kappa shape index (κ3) is 3.66. The van der Waals surface area contributed by atoms with Gasteiger partial charge in [0.05, 0.1) is 10.6 Å². The highest BCUT2D eigenvalue weighted by Crippen LogP contribution is 2.43. The number of hydrogen-bond acceptors (Lipinski definition) is 4. The number of hydrogen-bond donors (Lipinski definition) is 2. The Hall–Kier alpha value is -1.37. The van der Waals surface area contributed by atoms with Crippen LogP contribution >= 0.6 is 24.0 Å². The standard InChI is InChI=1S/C16H18ClFN2O3.ClH/c17-11-2-1-10(7-12(11)18)23-9-14(22)20-16-5-3-15(19,4-6-16)8-13(16)21;/h1-2,7H,3-6,8-9,19H2,(H,20,22);1H. The average molecular weight is 377 g/mol. The molecule has 0 radical (unpaired) electrons. The Morgan fingerprint density at radius 2 is 2.00 bits per heavy atom. The second-order valence-electron chi connectivity index (χ2n) is 6.46. The summed E-state index contributed by atoms with van der Waals surface area (Å²) in [5.74, 6) is -0.820. The molecule has 4 rings (SSSR count). The predicted octanol–water partition coefficient (Wildman–Crippen LogP) is 2.38. The lowest BCUT2D eigenvalue weighted by Crippen LogP contribution is -2.67. The van der Waals surface area contributed by atoms with Crippen molar-refractivity contribution in [3.05, 3.63) is 29.0 Å². The summed E-state index contributed by atoms with van der Waals surface area (Å²) in [5.41, 5.74) is 4.92. The van der Waals surface area contributed by atoms with Gasteiger partial charge in [0.15, 0.2) is 12.4 Å². The third-order valence-electron chi connectivity index (χ3n) is 4.79. The van der Waals surface area contributed by atoms with Crippen LogP contribution in [0.5, 0.6) is 5.75 Å². The normalized spacial score (nSPS) is 28.2. The maximum absolute atomic E-state index is 13.3. The fourth-order valence-corrected chi connectivity index (χ4v) is 3.45. The minimum Gasteiger partial charge on any atom is -0.484 e. The fraction of sp³-hybridized carbons (Fsp3) is 0.500. The number of amides is 1. The van der Waals surface area contributed by atoms with Crippen LogP contribution in [0.15, 0.2) is 18.2 Å². The first-order valence-electron chi connectivity index (χ1n) is 7.53. The summed E-state index contributed by atoms with van der Waals surface area (Å²) in [5, 5.41) is 2.78. The van der Waals surface area contributed by atoms with Crippen LogP contribution in [0.2, 0.25) is 5.02 Å². The van der Waals surface area contributed by atoms with Gasteiger partial charge in [0.1, 0.15) is 11.6 Å². The Bertz CT molecular complexity index is 661. The maximum Gasteiger partial charge on any atom is 0.258 e. The first-order chi connectivity index (χ1) is 10.8. The number of ketones is 1. The number of nitrogens with two attached hydrogens (primary N) is 1. The second kappa shape index (κ2) is 6.86. The van der Waals surface area contributed by atoms with Gasteiger partial charge in [-0.15, -0.1) is 12.4 Å². The largest absolute Gasteiger partial charge is 0.484 e. The zero-order valence-corrected chi connectivity index (χ0v) is 14.5. The number of fused-ring (bicyclic) bond motifs is 3. The van der Waals surface area contributed by atoms with Crippen LogP contribution in [-0.2, 0) is 9.59 Å². The Morgan fingerprint density at radius 1 is 1.33 bits per heavy atom. The van der Waals surface area contributed by atoms with Crippen molar-refractivity contribution >= 4 is 35.7 Å². The predicted molar refractivity (Wildman–Crippen MR) is 90.0 cm³/mol. The molecule has 1 aromatic carbocycles. The van der Waals surface area contributed by atoms with E-state index in [2.05, 4.69) is 5.32 Å². The molecule has 0 saturated heterocycles. The van der Waals surface area contributed by atoms with Crippen LogP contribution < -0.4 is 15.8 Å². The average Bonchev–Trinajstić information content (AvgIpc) is 2.50. The summed E-state index contributed by atoms with van der Waals surface area (Å²) in [6, 6.07) is 3.95. The summed E-state index contributed by atoms with van der Waals surface area (Å²) in [6.45, 7) is -0.288. The number of Topliss-reactive ketones (excluding diaryl/α,β-unsaturated/α-hetero) is 1. The van der Waals surface area contributed by atoms with Crippen LogP contribution in [0.25, 0.3) is 0 Å². The number of ether oxygens (including phenoxy) is 1. The lowest BCUT2D eigenvalue weighted by Gasteiger charge is -2.50. The first kappa shape index (κ1) is 19.0. The lowest BCUT2D eigenvalue weighted by molar-refractivity contribution is -0.140. The molecule has 3 N–H and O–H groups in total. The van der Waals surface area contributed by atoms with Crippen molar-refractivity contribution in [2.75, 3.05) is 6.61 Å². The molecular formula is C16H19Cl2FN2O3. The van der Waals surface area contributed by atoms with E-state index in [1.165, 1.54) is 12.1 Å². The molecule has 0 unspecified atom stereocenters. The Morgan fingerprint density at radius 3 is 2.58 bits per heavy atom. The fourth-order valence-electron chi connectivity index (χ4n) is 3.33. The summed E-state index contributed by atoms with van der Waals surface area (Å²) in [6.07, 6.45) is 2.87. The van der Waals surface area contributed by atoms with Crippen molar-refractivity contribution in [2.45, 2.75) is 43.2 Å². The minimum atomic E-state index is -0.813. The number of carbonyl (C=O) groups is 2. The van der Waals surface area contributed by atoms with E-state index in [0.717, 1.165) is 18.9 Å². The molecule has 8 heteroatoms. The van der Waals surface area contributed by atoms with Gasteiger partial charge in [-0.1, -0.05) is 11.6 Å². The molecule has 0 aromatic heterocycles. The van der Waals surface area contributed by atoms with Crippen molar-refractivity contribution in [3.63, 3.8) is 0 Å². The van der Waals surface area contributed by atoms with Gasteiger partial charge in [0, 0.05) is 18.0 Å². The SMILES string of the molecule is Cl.NC12CCC(NC(=O)COc3ccc(Cl)c(F)c3)(CC1)C(=O)C2. The van der Waals surface area contributed by atoms with E-state index in [1.807, 2.05) is 0 Å². The molecule has 3 aliphatic carbocycles. The number of carbonyl (C=O) groups excluding carboxylic acids is 2. The zero-order valence-electron chi connectivity index (χ0n) is 12.9. The highest BCUT2D eigenvalue weighted by atomic mass is 35.5. The van der Waals surface area contributed by atoms with E-state index in [-0.39, 0.29) is 35.6 Å². The molecule has 132 valence electrons. The topological polar surface area (TPSA) is 81.4 Å². The Kier molecular flexibility index (Phi) is 5.42. The molecule has 1 amide bonds. The zero-order chi connectivity index (χ0) is 16.7. The van der Waals surface area contributed by atoms with E-state index in [1.54, 1.807) is 0 Å². The van der Waals surface area contributed by atoms with Crippen LogP contribution in [-0.4, -0.2) is 29.4 Å². The molecule has 5 nitrogen and oxygen atoms in total. The number of benzene rings is 1. The van der Waals surface area contributed by atoms with Crippen LogP contribution in [0.3, 0.4) is 0 Å². The third-order valence-corrected chi connectivity index (χ3v) is 5.09. The summed E-state index contributed by atoms with van der Waals surface area (Å²) >= 11 is 5.58. The molecule has 3 saturated carbocycles. The van der Waals surface area contributed by atoms with Gasteiger partial charge in [0.25, 0.3) is 5.91 Å². The van der Waals surface area contributed by atoms with E-state index in [4.69, 9.17) is 22.1 Å². The van der Waals surface area contributed by atoms with E-state index in [9.17, 15) is 14.0 Å². The molecule has 24 heavy (non-hydrogen) atoms. The number of nitrogens with one attached hydrogen (secondary N) is 1. The van der Waals surface area contributed by atoms with E-state index < -0.39 is 22.8 Å². The first-order valence-corrected chi connectivity index (χ1v) is 7.91.